The summed E-state index contributed by atoms with van der Waals surface area (Å²) < 4.78 is 20.4. The Morgan fingerprint density at radius 2 is 1.88 bits per heavy atom. The van der Waals surface area contributed by atoms with Crippen molar-refractivity contribution < 1.29 is 9.13 Å². The van der Waals surface area contributed by atoms with Crippen molar-refractivity contribution in [3.63, 3.8) is 0 Å². The molecule has 0 amide bonds. The molecule has 0 atom stereocenters. The fourth-order valence-corrected chi connectivity index (χ4v) is 4.64. The van der Waals surface area contributed by atoms with Gasteiger partial charge in [0, 0.05) is 54.3 Å². The van der Waals surface area contributed by atoms with Crippen LogP contribution in [0.4, 0.5) is 4.39 Å². The molecule has 41 heavy (non-hydrogen) atoms. The quantitative estimate of drug-likeness (QED) is 0.222. The van der Waals surface area contributed by atoms with Crippen LogP contribution in [-0.4, -0.2) is 73.8 Å². The van der Waals surface area contributed by atoms with Crippen molar-refractivity contribution in [2.75, 3.05) is 33.8 Å². The number of rotatable bonds is 10. The van der Waals surface area contributed by atoms with E-state index in [0.29, 0.717) is 40.6 Å². The lowest BCUT2D eigenvalue weighted by Crippen LogP contribution is -2.19. The molecule has 1 aromatic carbocycles. The minimum atomic E-state index is -0.403. The highest BCUT2D eigenvalue weighted by Crippen LogP contribution is 2.33. The second kappa shape index (κ2) is 11.4. The van der Waals surface area contributed by atoms with E-state index in [1.165, 1.54) is 12.1 Å². The van der Waals surface area contributed by atoms with Crippen molar-refractivity contribution in [1.82, 2.24) is 45.3 Å². The first-order chi connectivity index (χ1) is 20.0. The van der Waals surface area contributed by atoms with Crippen LogP contribution in [0.2, 0.25) is 0 Å². The lowest BCUT2D eigenvalue weighted by Gasteiger charge is -2.12. The van der Waals surface area contributed by atoms with Crippen LogP contribution < -0.4 is 10.1 Å². The van der Waals surface area contributed by atoms with E-state index in [2.05, 4.69) is 48.4 Å². The number of likely N-dealkylation sites (N-methyl/N-ethyl adjacent to an activating group) is 1. The van der Waals surface area contributed by atoms with E-state index >= 15 is 0 Å². The molecule has 0 unspecified atom stereocenters. The van der Waals surface area contributed by atoms with Crippen LogP contribution in [0.1, 0.15) is 12.5 Å². The molecular weight excluding hydrogens is 521 g/mol. The standard InChI is InChI=1S/C30H30FN9O/c1-4-32-14-18-9-20(16-33-15-18)25-13-23-26(17-35-25)38-39-28(23)30-36-24-5-6-34-27(29(24)37-30)19-10-21(31)12-22(11-19)41-8-7-40(2)3/h5-6,9-13,15-17,32H,4,7-8,14H2,1-3H3,(H,36,37)(H,38,39). The van der Waals surface area contributed by atoms with Gasteiger partial charge in [-0.3, -0.25) is 20.1 Å². The minimum Gasteiger partial charge on any atom is -0.492 e. The highest BCUT2D eigenvalue weighted by Gasteiger charge is 2.18. The Labute approximate surface area is 236 Å². The normalized spacial score (nSPS) is 11.6. The zero-order valence-electron chi connectivity index (χ0n) is 23.1. The Morgan fingerprint density at radius 1 is 0.976 bits per heavy atom. The number of aromatic nitrogens is 7. The maximum Gasteiger partial charge on any atom is 0.159 e. The van der Waals surface area contributed by atoms with Gasteiger partial charge in [-0.2, -0.15) is 5.10 Å². The van der Waals surface area contributed by atoms with Gasteiger partial charge in [0.1, 0.15) is 29.4 Å². The van der Waals surface area contributed by atoms with Crippen molar-refractivity contribution >= 4 is 21.9 Å². The largest absolute Gasteiger partial charge is 0.492 e. The molecule has 5 heterocycles. The summed E-state index contributed by atoms with van der Waals surface area (Å²) in [5, 5.41) is 11.8. The topological polar surface area (TPSA) is 121 Å². The maximum atomic E-state index is 14.6. The van der Waals surface area contributed by atoms with E-state index in [1.807, 2.05) is 37.3 Å². The maximum absolute atomic E-state index is 14.6. The average molecular weight is 552 g/mol. The number of ether oxygens (including phenoxy) is 1. The van der Waals surface area contributed by atoms with E-state index in [4.69, 9.17) is 9.72 Å². The van der Waals surface area contributed by atoms with Crippen molar-refractivity contribution in [1.29, 1.82) is 0 Å². The Balaban J connectivity index is 1.37. The smallest absolute Gasteiger partial charge is 0.159 e. The van der Waals surface area contributed by atoms with Gasteiger partial charge in [0.25, 0.3) is 0 Å². The molecule has 0 spiro atoms. The second-order valence-corrected chi connectivity index (χ2v) is 10.0. The third kappa shape index (κ3) is 5.63. The number of nitrogens with zero attached hydrogens (tertiary/aromatic N) is 6. The minimum absolute atomic E-state index is 0.403. The number of nitrogens with one attached hydrogen (secondary N) is 3. The molecule has 11 heteroatoms. The Morgan fingerprint density at radius 3 is 2.73 bits per heavy atom. The molecule has 0 radical (unpaired) electrons. The summed E-state index contributed by atoms with van der Waals surface area (Å²) in [6, 6.07) is 10.5. The van der Waals surface area contributed by atoms with Crippen molar-refractivity contribution in [3.8, 4) is 39.8 Å². The molecule has 6 rings (SSSR count). The number of halogens is 1. The molecular formula is C30H30FN9O. The summed E-state index contributed by atoms with van der Waals surface area (Å²) in [7, 11) is 3.92. The van der Waals surface area contributed by atoms with Gasteiger partial charge in [0.05, 0.1) is 28.6 Å². The SMILES string of the molecule is CCNCc1cncc(-c2cc3c(-c4nc5c(-c6cc(F)cc(OCCN(C)C)c6)nccc5[nH]4)n[nH]c3cn2)c1. The molecule has 0 fully saturated rings. The van der Waals surface area contributed by atoms with Crippen molar-refractivity contribution in [2.24, 2.45) is 0 Å². The third-order valence-electron chi connectivity index (χ3n) is 6.69. The number of benzene rings is 1. The van der Waals surface area contributed by atoms with Gasteiger partial charge in [-0.1, -0.05) is 6.92 Å². The number of hydrogen-bond donors (Lipinski definition) is 3. The summed E-state index contributed by atoms with van der Waals surface area (Å²) in [5.74, 6) is 0.605. The summed E-state index contributed by atoms with van der Waals surface area (Å²) >= 11 is 0. The highest BCUT2D eigenvalue weighted by atomic mass is 19.1. The molecule has 6 aromatic rings. The number of H-pyrrole nitrogens is 2. The first kappa shape index (κ1) is 26.5. The Hall–Kier alpha value is -4.74. The number of hydrogen-bond acceptors (Lipinski definition) is 8. The third-order valence-corrected chi connectivity index (χ3v) is 6.69. The van der Waals surface area contributed by atoms with Gasteiger partial charge >= 0.3 is 0 Å². The number of fused-ring (bicyclic) bond motifs is 2. The van der Waals surface area contributed by atoms with Crippen LogP contribution in [0.25, 0.3) is 56.0 Å². The second-order valence-electron chi connectivity index (χ2n) is 10.0. The van der Waals surface area contributed by atoms with Crippen LogP contribution in [0.5, 0.6) is 5.75 Å². The molecule has 10 nitrogen and oxygen atoms in total. The molecule has 0 aliphatic carbocycles. The van der Waals surface area contributed by atoms with E-state index in [-0.39, 0.29) is 0 Å². The summed E-state index contributed by atoms with van der Waals surface area (Å²) in [4.78, 5) is 23.8. The molecule has 208 valence electrons. The van der Waals surface area contributed by atoms with Gasteiger partial charge in [-0.05, 0) is 56.5 Å². The highest BCUT2D eigenvalue weighted by molar-refractivity contribution is 5.96. The predicted molar refractivity (Wildman–Crippen MR) is 157 cm³/mol. The molecule has 0 bridgehead atoms. The molecule has 3 N–H and O–H groups in total. The lowest BCUT2D eigenvalue weighted by molar-refractivity contribution is 0.260. The predicted octanol–water partition coefficient (Wildman–Crippen LogP) is 4.81. The van der Waals surface area contributed by atoms with Crippen LogP contribution in [0.15, 0.2) is 61.2 Å². The van der Waals surface area contributed by atoms with Crippen LogP contribution in [-0.2, 0) is 6.54 Å². The summed E-state index contributed by atoms with van der Waals surface area (Å²) in [6.45, 7) is 4.85. The van der Waals surface area contributed by atoms with Crippen LogP contribution in [0.3, 0.4) is 0 Å². The first-order valence-corrected chi connectivity index (χ1v) is 13.4. The monoisotopic (exact) mass is 551 g/mol. The van der Waals surface area contributed by atoms with Crippen molar-refractivity contribution in [2.45, 2.75) is 13.5 Å². The number of aromatic amines is 2. The zero-order valence-corrected chi connectivity index (χ0v) is 23.1. The average Bonchev–Trinajstić information content (AvgIpc) is 3.59. The fraction of sp³-hybridized carbons (Fsp3) is 0.233. The Kier molecular flexibility index (Phi) is 7.36. The van der Waals surface area contributed by atoms with E-state index in [1.54, 1.807) is 24.7 Å². The lowest BCUT2D eigenvalue weighted by atomic mass is 10.1. The van der Waals surface area contributed by atoms with E-state index < -0.39 is 5.82 Å². The molecule has 5 aromatic heterocycles. The molecule has 0 saturated heterocycles. The summed E-state index contributed by atoms with van der Waals surface area (Å²) in [6.07, 6.45) is 7.10. The van der Waals surface area contributed by atoms with Gasteiger partial charge in [-0.15, -0.1) is 0 Å². The fourth-order valence-electron chi connectivity index (χ4n) is 4.64. The first-order valence-electron chi connectivity index (χ1n) is 13.4. The van der Waals surface area contributed by atoms with Gasteiger partial charge in [0.2, 0.25) is 0 Å². The summed E-state index contributed by atoms with van der Waals surface area (Å²) in [5.41, 5.74) is 6.71. The Bertz CT molecular complexity index is 1830. The van der Waals surface area contributed by atoms with E-state index in [9.17, 15) is 4.39 Å². The van der Waals surface area contributed by atoms with Crippen LogP contribution >= 0.6 is 0 Å². The zero-order chi connectivity index (χ0) is 28.3. The molecule has 0 saturated carbocycles. The van der Waals surface area contributed by atoms with Crippen LogP contribution in [0, 0.1) is 5.82 Å². The van der Waals surface area contributed by atoms with E-state index in [0.717, 1.165) is 52.9 Å². The number of imidazole rings is 1. The van der Waals surface area contributed by atoms with Crippen molar-refractivity contribution in [3.05, 3.63) is 72.6 Å². The van der Waals surface area contributed by atoms with Gasteiger partial charge in [0.15, 0.2) is 5.82 Å². The van der Waals surface area contributed by atoms with Gasteiger partial charge in [-0.25, -0.2) is 9.37 Å². The number of pyridine rings is 3. The molecule has 0 aliphatic heterocycles. The van der Waals surface area contributed by atoms with Gasteiger partial charge < -0.3 is 19.9 Å². The molecule has 0 aliphatic rings.